The minimum Gasteiger partial charge on any atom is -0.365 e. The van der Waals surface area contributed by atoms with E-state index in [1.54, 1.807) is 12.3 Å². The van der Waals surface area contributed by atoms with E-state index in [0.29, 0.717) is 17.9 Å². The van der Waals surface area contributed by atoms with E-state index in [2.05, 4.69) is 31.1 Å². The number of carbonyl (C=O) groups excluding carboxylic acids is 1. The van der Waals surface area contributed by atoms with E-state index in [4.69, 9.17) is 11.5 Å². The molecule has 0 fully saturated rings. The van der Waals surface area contributed by atoms with Crippen molar-refractivity contribution < 1.29 is 4.79 Å². The topological polar surface area (TPSA) is 94.0 Å². The van der Waals surface area contributed by atoms with Gasteiger partial charge in [0.15, 0.2) is 0 Å². The number of nitrogens with zero attached hydrogens (tertiary/aromatic N) is 1. The van der Waals surface area contributed by atoms with Crippen LogP contribution in [0.15, 0.2) is 12.3 Å². The Labute approximate surface area is 108 Å². The van der Waals surface area contributed by atoms with Gasteiger partial charge < -0.3 is 16.8 Å². The molecule has 1 heterocycles. The van der Waals surface area contributed by atoms with Crippen molar-refractivity contribution in [3.05, 3.63) is 23.4 Å². The second kappa shape index (κ2) is 5.35. The SMILES string of the molecule is Cc1ccnc(NC(CN)C(C)(C)C)c1C(N)=O. The Hall–Kier alpha value is -1.62. The highest BCUT2D eigenvalue weighted by Crippen LogP contribution is 2.24. The third kappa shape index (κ3) is 3.20. The number of rotatable bonds is 4. The lowest BCUT2D eigenvalue weighted by atomic mass is 9.86. The van der Waals surface area contributed by atoms with Crippen molar-refractivity contribution in [2.24, 2.45) is 16.9 Å². The summed E-state index contributed by atoms with van der Waals surface area (Å²) in [5, 5.41) is 3.22. The molecule has 100 valence electrons. The van der Waals surface area contributed by atoms with Gasteiger partial charge in [0.25, 0.3) is 5.91 Å². The van der Waals surface area contributed by atoms with Crippen molar-refractivity contribution >= 4 is 11.7 Å². The first-order chi connectivity index (χ1) is 8.27. The molecule has 5 nitrogen and oxygen atoms in total. The Kier molecular flexibility index (Phi) is 4.29. The molecular formula is C13H22N4O. The average Bonchev–Trinajstić information content (AvgIpc) is 2.23. The van der Waals surface area contributed by atoms with Crippen LogP contribution in [0.2, 0.25) is 0 Å². The maximum atomic E-state index is 11.5. The van der Waals surface area contributed by atoms with E-state index in [1.165, 1.54) is 0 Å². The predicted molar refractivity (Wildman–Crippen MR) is 73.4 cm³/mol. The van der Waals surface area contributed by atoms with E-state index in [9.17, 15) is 4.79 Å². The molecule has 1 unspecified atom stereocenters. The maximum absolute atomic E-state index is 11.5. The summed E-state index contributed by atoms with van der Waals surface area (Å²) >= 11 is 0. The van der Waals surface area contributed by atoms with E-state index in [-0.39, 0.29) is 11.5 Å². The standard InChI is InChI=1S/C13H22N4O/c1-8-5-6-16-12(10(8)11(15)18)17-9(7-14)13(2,3)4/h5-6,9H,7,14H2,1-4H3,(H2,15,18)(H,16,17). The van der Waals surface area contributed by atoms with Gasteiger partial charge in [-0.25, -0.2) is 4.98 Å². The van der Waals surface area contributed by atoms with Gasteiger partial charge in [-0.2, -0.15) is 0 Å². The summed E-state index contributed by atoms with van der Waals surface area (Å²) in [4.78, 5) is 15.7. The number of aromatic nitrogens is 1. The molecule has 0 aliphatic carbocycles. The van der Waals surface area contributed by atoms with Crippen molar-refractivity contribution in [3.8, 4) is 0 Å². The summed E-state index contributed by atoms with van der Waals surface area (Å²) < 4.78 is 0. The number of carbonyl (C=O) groups is 1. The zero-order valence-electron chi connectivity index (χ0n) is 11.4. The van der Waals surface area contributed by atoms with Crippen LogP contribution in [0.5, 0.6) is 0 Å². The predicted octanol–water partition coefficient (Wildman–Crippen LogP) is 1.27. The molecule has 0 aliphatic rings. The molecule has 1 aromatic rings. The molecule has 0 aliphatic heterocycles. The average molecular weight is 250 g/mol. The van der Waals surface area contributed by atoms with Crippen LogP contribution in [0, 0.1) is 12.3 Å². The largest absolute Gasteiger partial charge is 0.365 e. The van der Waals surface area contributed by atoms with E-state index in [0.717, 1.165) is 5.56 Å². The zero-order valence-corrected chi connectivity index (χ0v) is 11.4. The normalized spacial score (nSPS) is 13.2. The number of aryl methyl sites for hydroxylation is 1. The van der Waals surface area contributed by atoms with Gasteiger partial charge in [0, 0.05) is 18.8 Å². The van der Waals surface area contributed by atoms with Gasteiger partial charge in [0.2, 0.25) is 0 Å². The fraction of sp³-hybridized carbons (Fsp3) is 0.538. The molecule has 0 radical (unpaired) electrons. The number of hydrogen-bond acceptors (Lipinski definition) is 4. The molecule has 1 atom stereocenters. The summed E-state index contributed by atoms with van der Waals surface area (Å²) in [7, 11) is 0. The smallest absolute Gasteiger partial charge is 0.252 e. The molecule has 1 rings (SSSR count). The van der Waals surface area contributed by atoms with Crippen LogP contribution in [-0.2, 0) is 0 Å². The third-order valence-electron chi connectivity index (χ3n) is 3.00. The van der Waals surface area contributed by atoms with Crippen LogP contribution >= 0.6 is 0 Å². The molecule has 18 heavy (non-hydrogen) atoms. The third-order valence-corrected chi connectivity index (χ3v) is 3.00. The molecule has 0 saturated carbocycles. The van der Waals surface area contributed by atoms with E-state index < -0.39 is 5.91 Å². The van der Waals surface area contributed by atoms with Crippen LogP contribution in [0.3, 0.4) is 0 Å². The van der Waals surface area contributed by atoms with Crippen molar-refractivity contribution in [2.75, 3.05) is 11.9 Å². The number of amides is 1. The lowest BCUT2D eigenvalue weighted by Crippen LogP contribution is -2.41. The van der Waals surface area contributed by atoms with Crippen molar-refractivity contribution in [3.63, 3.8) is 0 Å². The molecule has 1 amide bonds. The number of pyridine rings is 1. The van der Waals surface area contributed by atoms with Gasteiger partial charge in [-0.15, -0.1) is 0 Å². The quantitative estimate of drug-likeness (QED) is 0.750. The van der Waals surface area contributed by atoms with Crippen LogP contribution in [0.4, 0.5) is 5.82 Å². The molecule has 5 heteroatoms. The Balaban J connectivity index is 3.11. The zero-order chi connectivity index (χ0) is 13.9. The lowest BCUT2D eigenvalue weighted by molar-refractivity contribution is 0.1000. The Morgan fingerprint density at radius 3 is 2.56 bits per heavy atom. The second-order valence-electron chi connectivity index (χ2n) is 5.51. The molecule has 1 aromatic heterocycles. The van der Waals surface area contributed by atoms with Gasteiger partial charge in [0.1, 0.15) is 5.82 Å². The Morgan fingerprint density at radius 2 is 2.11 bits per heavy atom. The highest BCUT2D eigenvalue weighted by Gasteiger charge is 2.25. The first-order valence-corrected chi connectivity index (χ1v) is 5.99. The summed E-state index contributed by atoms with van der Waals surface area (Å²) in [5.41, 5.74) is 12.4. The molecular weight excluding hydrogens is 228 g/mol. The van der Waals surface area contributed by atoms with Crippen molar-refractivity contribution in [1.29, 1.82) is 0 Å². The minimum absolute atomic E-state index is 0.0184. The lowest BCUT2D eigenvalue weighted by Gasteiger charge is -2.31. The van der Waals surface area contributed by atoms with E-state index >= 15 is 0 Å². The van der Waals surface area contributed by atoms with Crippen LogP contribution < -0.4 is 16.8 Å². The van der Waals surface area contributed by atoms with Gasteiger partial charge >= 0.3 is 0 Å². The summed E-state index contributed by atoms with van der Waals surface area (Å²) in [6.07, 6.45) is 1.65. The Morgan fingerprint density at radius 1 is 1.50 bits per heavy atom. The highest BCUT2D eigenvalue weighted by atomic mass is 16.1. The summed E-state index contributed by atoms with van der Waals surface area (Å²) in [6, 6.07) is 1.78. The first kappa shape index (κ1) is 14.4. The highest BCUT2D eigenvalue weighted by molar-refractivity contribution is 5.99. The number of anilines is 1. The Bertz CT molecular complexity index is 437. The second-order valence-corrected chi connectivity index (χ2v) is 5.51. The van der Waals surface area contributed by atoms with Crippen molar-refractivity contribution in [2.45, 2.75) is 33.7 Å². The fourth-order valence-electron chi connectivity index (χ4n) is 1.77. The fourth-order valence-corrected chi connectivity index (χ4v) is 1.77. The molecule has 5 N–H and O–H groups in total. The summed E-state index contributed by atoms with van der Waals surface area (Å²) in [6.45, 7) is 8.53. The number of nitrogens with two attached hydrogens (primary N) is 2. The van der Waals surface area contributed by atoms with Crippen LogP contribution in [0.25, 0.3) is 0 Å². The van der Waals surface area contributed by atoms with Crippen molar-refractivity contribution in [1.82, 2.24) is 4.98 Å². The number of primary amides is 1. The molecule has 0 saturated heterocycles. The molecule has 0 bridgehead atoms. The van der Waals surface area contributed by atoms with Gasteiger partial charge in [-0.05, 0) is 24.0 Å². The number of nitrogens with one attached hydrogen (secondary N) is 1. The number of hydrogen-bond donors (Lipinski definition) is 3. The van der Waals surface area contributed by atoms with Crippen LogP contribution in [0.1, 0.15) is 36.7 Å². The molecule has 0 aromatic carbocycles. The maximum Gasteiger partial charge on any atom is 0.252 e. The van der Waals surface area contributed by atoms with Gasteiger partial charge in [0.05, 0.1) is 5.56 Å². The van der Waals surface area contributed by atoms with Gasteiger partial charge in [-0.3, -0.25) is 4.79 Å². The monoisotopic (exact) mass is 250 g/mol. The van der Waals surface area contributed by atoms with Crippen LogP contribution in [-0.4, -0.2) is 23.5 Å². The van der Waals surface area contributed by atoms with Gasteiger partial charge in [-0.1, -0.05) is 20.8 Å². The van der Waals surface area contributed by atoms with E-state index in [1.807, 2.05) is 6.92 Å². The minimum atomic E-state index is -0.479. The first-order valence-electron chi connectivity index (χ1n) is 5.99. The molecule has 0 spiro atoms. The summed E-state index contributed by atoms with van der Waals surface area (Å²) in [5.74, 6) is 0.0284.